The van der Waals surface area contributed by atoms with Crippen LogP contribution in [0, 0.1) is 5.82 Å². The van der Waals surface area contributed by atoms with E-state index in [1.165, 1.54) is 23.9 Å². The smallest absolute Gasteiger partial charge is 0.237 e. The van der Waals surface area contributed by atoms with Crippen LogP contribution in [-0.2, 0) is 4.79 Å². The van der Waals surface area contributed by atoms with E-state index in [-0.39, 0.29) is 17.5 Å². The Kier molecular flexibility index (Phi) is 5.90. The molecule has 0 saturated heterocycles. The van der Waals surface area contributed by atoms with Crippen LogP contribution in [0.15, 0.2) is 60.0 Å². The lowest BCUT2D eigenvalue weighted by molar-refractivity contribution is -0.116. The number of halogens is 2. The summed E-state index contributed by atoms with van der Waals surface area (Å²) in [4.78, 5) is 14.2. The number of hydrogen-bond acceptors (Lipinski definition) is 4. The molecule has 0 saturated carbocycles. The highest BCUT2D eigenvalue weighted by Gasteiger charge is 2.16. The number of carbonyl (C=O) groups excluding carboxylic acids is 1. The second-order valence-corrected chi connectivity index (χ2v) is 6.75. The van der Waals surface area contributed by atoms with Crippen molar-refractivity contribution in [2.75, 3.05) is 17.2 Å². The summed E-state index contributed by atoms with van der Waals surface area (Å²) < 4.78 is 14.9. The Balaban J connectivity index is 1.72. The third-order valence-corrected chi connectivity index (χ3v) is 4.85. The molecule has 0 bridgehead atoms. The largest absolute Gasteiger partial charge is 0.312 e. The van der Waals surface area contributed by atoms with E-state index in [0.717, 1.165) is 5.69 Å². The molecule has 1 aromatic heterocycles. The molecule has 3 aromatic rings. The van der Waals surface area contributed by atoms with Gasteiger partial charge >= 0.3 is 0 Å². The summed E-state index contributed by atoms with van der Waals surface area (Å²) in [5, 5.41) is 9.20. The van der Waals surface area contributed by atoms with E-state index in [0.29, 0.717) is 22.4 Å². The number of carbonyl (C=O) groups is 1. The molecule has 26 heavy (non-hydrogen) atoms. The van der Waals surface area contributed by atoms with Gasteiger partial charge in [0.15, 0.2) is 5.16 Å². The Morgan fingerprint density at radius 3 is 2.73 bits per heavy atom. The minimum absolute atomic E-state index is 0.0928. The maximum absolute atomic E-state index is 13.1. The first-order chi connectivity index (χ1) is 12.6. The minimum atomic E-state index is -0.332. The summed E-state index contributed by atoms with van der Waals surface area (Å²) in [6.07, 6.45) is 1.58. The first kappa shape index (κ1) is 18.4. The zero-order chi connectivity index (χ0) is 18.5. The lowest BCUT2D eigenvalue weighted by atomic mass is 10.3. The monoisotopic (exact) mass is 390 g/mol. The SMILES string of the molecule is CCN(C(=O)CSc1nncn1-c1cccc(Cl)c1)c1ccc(F)cc1. The van der Waals surface area contributed by atoms with E-state index in [9.17, 15) is 9.18 Å². The number of thioether (sulfide) groups is 1. The summed E-state index contributed by atoms with van der Waals surface area (Å²) in [5.74, 6) is -0.240. The van der Waals surface area contributed by atoms with Crippen molar-refractivity contribution in [2.24, 2.45) is 0 Å². The standard InChI is InChI=1S/C18H16ClFN4OS/c1-2-23(15-8-6-14(20)7-9-15)17(25)11-26-18-22-21-12-24(18)16-5-3-4-13(19)10-16/h3-10,12H,2,11H2,1H3. The molecular formula is C18H16ClFN4OS. The van der Waals surface area contributed by atoms with Crippen molar-refractivity contribution in [2.45, 2.75) is 12.1 Å². The van der Waals surface area contributed by atoms with Crippen LogP contribution in [0.2, 0.25) is 5.02 Å². The maximum atomic E-state index is 13.1. The summed E-state index contributed by atoms with van der Waals surface area (Å²) in [7, 11) is 0. The molecule has 5 nitrogen and oxygen atoms in total. The average Bonchev–Trinajstić information content (AvgIpc) is 3.11. The molecular weight excluding hydrogens is 375 g/mol. The first-order valence-corrected chi connectivity index (χ1v) is 9.29. The van der Waals surface area contributed by atoms with Gasteiger partial charge in [0.2, 0.25) is 5.91 Å². The van der Waals surface area contributed by atoms with Crippen molar-refractivity contribution < 1.29 is 9.18 Å². The van der Waals surface area contributed by atoms with Gasteiger partial charge in [-0.2, -0.15) is 0 Å². The highest BCUT2D eigenvalue weighted by atomic mass is 35.5. The number of amides is 1. The second-order valence-electron chi connectivity index (χ2n) is 5.37. The Hall–Kier alpha value is -2.38. The molecule has 1 amide bonds. The highest BCUT2D eigenvalue weighted by Crippen LogP contribution is 2.23. The van der Waals surface area contributed by atoms with Crippen molar-refractivity contribution in [3.63, 3.8) is 0 Å². The topological polar surface area (TPSA) is 51.0 Å². The minimum Gasteiger partial charge on any atom is -0.312 e. The lowest BCUT2D eigenvalue weighted by Gasteiger charge is -2.20. The number of aromatic nitrogens is 3. The Morgan fingerprint density at radius 1 is 1.27 bits per heavy atom. The van der Waals surface area contributed by atoms with Crippen LogP contribution in [-0.4, -0.2) is 33.0 Å². The van der Waals surface area contributed by atoms with Gasteiger partial charge in [-0.25, -0.2) is 4.39 Å². The quantitative estimate of drug-likeness (QED) is 0.592. The maximum Gasteiger partial charge on any atom is 0.237 e. The van der Waals surface area contributed by atoms with Gasteiger partial charge in [0.25, 0.3) is 0 Å². The number of nitrogens with zero attached hydrogens (tertiary/aromatic N) is 4. The van der Waals surface area contributed by atoms with Gasteiger partial charge in [-0.05, 0) is 49.4 Å². The van der Waals surface area contributed by atoms with Gasteiger partial charge in [0.1, 0.15) is 12.1 Å². The second kappa shape index (κ2) is 8.33. The van der Waals surface area contributed by atoms with Crippen molar-refractivity contribution in [1.82, 2.24) is 14.8 Å². The van der Waals surface area contributed by atoms with Gasteiger partial charge in [-0.1, -0.05) is 29.4 Å². The molecule has 0 aliphatic heterocycles. The molecule has 0 spiro atoms. The van der Waals surface area contributed by atoms with Crippen molar-refractivity contribution in [3.05, 3.63) is 65.7 Å². The molecule has 0 unspecified atom stereocenters. The van der Waals surface area contributed by atoms with Gasteiger partial charge in [0.05, 0.1) is 11.4 Å². The van der Waals surface area contributed by atoms with Crippen LogP contribution in [0.3, 0.4) is 0 Å². The van der Waals surface area contributed by atoms with Crippen LogP contribution in [0.4, 0.5) is 10.1 Å². The van der Waals surface area contributed by atoms with Crippen molar-refractivity contribution in [1.29, 1.82) is 0 Å². The fraction of sp³-hybridized carbons (Fsp3) is 0.167. The number of rotatable bonds is 6. The van der Waals surface area contributed by atoms with Gasteiger partial charge in [-0.3, -0.25) is 9.36 Å². The number of hydrogen-bond donors (Lipinski definition) is 0. The zero-order valence-electron chi connectivity index (χ0n) is 14.0. The predicted octanol–water partition coefficient (Wildman–Crippen LogP) is 4.21. The summed E-state index contributed by atoms with van der Waals surface area (Å²) in [6.45, 7) is 2.37. The van der Waals surface area contributed by atoms with Gasteiger partial charge < -0.3 is 4.90 Å². The first-order valence-electron chi connectivity index (χ1n) is 7.93. The molecule has 0 aliphatic carbocycles. The fourth-order valence-electron chi connectivity index (χ4n) is 2.45. The summed E-state index contributed by atoms with van der Waals surface area (Å²) in [6, 6.07) is 13.2. The third-order valence-electron chi connectivity index (χ3n) is 3.68. The molecule has 0 radical (unpaired) electrons. The molecule has 3 rings (SSSR count). The molecule has 1 heterocycles. The van der Waals surface area contributed by atoms with Crippen LogP contribution in [0.5, 0.6) is 0 Å². The molecule has 0 N–H and O–H groups in total. The number of benzene rings is 2. The van der Waals surface area contributed by atoms with E-state index >= 15 is 0 Å². The fourth-order valence-corrected chi connectivity index (χ4v) is 3.44. The van der Waals surface area contributed by atoms with E-state index in [4.69, 9.17) is 11.6 Å². The predicted molar refractivity (Wildman–Crippen MR) is 102 cm³/mol. The Morgan fingerprint density at radius 2 is 2.04 bits per heavy atom. The molecule has 0 atom stereocenters. The van der Waals surface area contributed by atoms with Gasteiger partial charge in [0, 0.05) is 17.3 Å². The van der Waals surface area contributed by atoms with Crippen molar-refractivity contribution >= 4 is 35.0 Å². The van der Waals surface area contributed by atoms with E-state index in [2.05, 4.69) is 10.2 Å². The Bertz CT molecular complexity index is 900. The Labute approximate surface area is 159 Å². The summed E-state index contributed by atoms with van der Waals surface area (Å²) in [5.41, 5.74) is 1.49. The summed E-state index contributed by atoms with van der Waals surface area (Å²) >= 11 is 7.32. The zero-order valence-corrected chi connectivity index (χ0v) is 15.5. The van der Waals surface area contributed by atoms with E-state index in [1.807, 2.05) is 19.1 Å². The lowest BCUT2D eigenvalue weighted by Crippen LogP contribution is -2.32. The van der Waals surface area contributed by atoms with Crippen LogP contribution < -0.4 is 4.90 Å². The highest BCUT2D eigenvalue weighted by molar-refractivity contribution is 7.99. The molecule has 2 aromatic carbocycles. The van der Waals surface area contributed by atoms with Crippen LogP contribution in [0.25, 0.3) is 5.69 Å². The van der Waals surface area contributed by atoms with Crippen molar-refractivity contribution in [3.8, 4) is 5.69 Å². The van der Waals surface area contributed by atoms with Crippen LogP contribution in [0.1, 0.15) is 6.92 Å². The van der Waals surface area contributed by atoms with Crippen LogP contribution >= 0.6 is 23.4 Å². The average molecular weight is 391 g/mol. The molecule has 8 heteroatoms. The molecule has 0 aliphatic rings. The third kappa shape index (κ3) is 4.23. The number of anilines is 1. The van der Waals surface area contributed by atoms with E-state index < -0.39 is 0 Å². The molecule has 0 fully saturated rings. The van der Waals surface area contributed by atoms with Gasteiger partial charge in [-0.15, -0.1) is 10.2 Å². The molecule has 134 valence electrons. The van der Waals surface area contributed by atoms with E-state index in [1.54, 1.807) is 40.1 Å². The normalized spacial score (nSPS) is 10.7.